The Morgan fingerprint density at radius 2 is 1.32 bits per heavy atom. The van der Waals surface area contributed by atoms with Crippen molar-refractivity contribution < 1.29 is 9.47 Å². The fraction of sp³-hybridized carbons (Fsp3) is 0.115. The van der Waals surface area contributed by atoms with Crippen LogP contribution >= 0.6 is 15.9 Å². The van der Waals surface area contributed by atoms with Crippen molar-refractivity contribution in [1.29, 1.82) is 0 Å². The first-order valence-electron chi connectivity index (χ1n) is 9.90. The van der Waals surface area contributed by atoms with Crippen LogP contribution in [-0.2, 0) is 6.54 Å². The number of methoxy groups -OCH3 is 2. The van der Waals surface area contributed by atoms with Crippen LogP contribution in [0.4, 0.5) is 0 Å². The monoisotopic (exact) mass is 474 g/mol. The first kappa shape index (κ1) is 20.9. The van der Waals surface area contributed by atoms with Crippen LogP contribution in [0.15, 0.2) is 89.9 Å². The van der Waals surface area contributed by atoms with Gasteiger partial charge in [0.15, 0.2) is 0 Å². The fourth-order valence-corrected chi connectivity index (χ4v) is 3.84. The first-order chi connectivity index (χ1) is 15.1. The second-order valence-corrected chi connectivity index (χ2v) is 7.91. The minimum Gasteiger partial charge on any atom is -0.497 e. The molecule has 0 saturated heterocycles. The number of hydrogen-bond acceptors (Lipinski definition) is 3. The molecule has 0 atom stereocenters. The molecule has 1 aromatic heterocycles. The van der Waals surface area contributed by atoms with Gasteiger partial charge in [0.05, 0.1) is 25.6 Å². The van der Waals surface area contributed by atoms with Gasteiger partial charge in [-0.2, -0.15) is 0 Å². The maximum Gasteiger partial charge on any atom is 0.141 e. The molecule has 3 aromatic carbocycles. The van der Waals surface area contributed by atoms with Gasteiger partial charge in [-0.05, 0) is 60.7 Å². The van der Waals surface area contributed by atoms with Crippen LogP contribution in [0.2, 0.25) is 0 Å². The van der Waals surface area contributed by atoms with Gasteiger partial charge in [-0.15, -0.1) is 6.58 Å². The molecule has 0 amide bonds. The second-order valence-electron chi connectivity index (χ2n) is 7.00. The van der Waals surface area contributed by atoms with E-state index in [4.69, 9.17) is 14.5 Å². The van der Waals surface area contributed by atoms with E-state index in [1.165, 1.54) is 0 Å². The largest absolute Gasteiger partial charge is 0.497 e. The number of hydrogen-bond donors (Lipinski definition) is 0. The lowest BCUT2D eigenvalue weighted by Crippen LogP contribution is -2.01. The van der Waals surface area contributed by atoms with Crippen LogP contribution in [0.1, 0.15) is 0 Å². The predicted molar refractivity (Wildman–Crippen MR) is 130 cm³/mol. The molecular weight excluding hydrogens is 452 g/mol. The van der Waals surface area contributed by atoms with Crippen molar-refractivity contribution in [1.82, 2.24) is 9.55 Å². The van der Waals surface area contributed by atoms with Gasteiger partial charge in [0.1, 0.15) is 17.3 Å². The van der Waals surface area contributed by atoms with E-state index in [2.05, 4.69) is 51.3 Å². The Hall–Kier alpha value is -3.31. The predicted octanol–water partition coefficient (Wildman–Crippen LogP) is 6.85. The van der Waals surface area contributed by atoms with E-state index in [0.717, 1.165) is 49.9 Å². The van der Waals surface area contributed by atoms with E-state index in [9.17, 15) is 0 Å². The van der Waals surface area contributed by atoms with Gasteiger partial charge in [-0.25, -0.2) is 4.98 Å². The number of benzene rings is 3. The van der Waals surface area contributed by atoms with Gasteiger partial charge in [-0.3, -0.25) is 0 Å². The number of halogens is 1. The SMILES string of the molecule is C=CCn1c(-c2ccc(Br)cc2)nc(-c2ccc(OC)cc2)c1-c1ccc(OC)cc1. The molecule has 0 spiro atoms. The molecule has 0 aliphatic rings. The number of allylic oxidation sites excluding steroid dienone is 1. The van der Waals surface area contributed by atoms with Gasteiger partial charge >= 0.3 is 0 Å². The van der Waals surface area contributed by atoms with Crippen LogP contribution in [0.25, 0.3) is 33.9 Å². The van der Waals surface area contributed by atoms with Gasteiger partial charge in [0, 0.05) is 27.7 Å². The van der Waals surface area contributed by atoms with Crippen LogP contribution in [0.3, 0.4) is 0 Å². The van der Waals surface area contributed by atoms with Gasteiger partial charge in [0.25, 0.3) is 0 Å². The Kier molecular flexibility index (Phi) is 6.23. The first-order valence-corrected chi connectivity index (χ1v) is 10.7. The quantitative estimate of drug-likeness (QED) is 0.274. The summed E-state index contributed by atoms with van der Waals surface area (Å²) in [7, 11) is 3.34. The maximum atomic E-state index is 5.35. The Balaban J connectivity index is 1.97. The Morgan fingerprint density at radius 3 is 1.84 bits per heavy atom. The number of aromatic nitrogens is 2. The Morgan fingerprint density at radius 1 is 0.806 bits per heavy atom. The Bertz CT molecular complexity index is 1180. The van der Waals surface area contributed by atoms with E-state index < -0.39 is 0 Å². The highest BCUT2D eigenvalue weighted by molar-refractivity contribution is 9.10. The van der Waals surface area contributed by atoms with Gasteiger partial charge in [0.2, 0.25) is 0 Å². The summed E-state index contributed by atoms with van der Waals surface area (Å²) in [6.45, 7) is 4.61. The van der Waals surface area contributed by atoms with E-state index in [-0.39, 0.29) is 0 Å². The lowest BCUT2D eigenvalue weighted by Gasteiger charge is -2.12. The number of rotatable bonds is 7. The Labute approximate surface area is 190 Å². The summed E-state index contributed by atoms with van der Waals surface area (Å²) in [5.74, 6) is 2.52. The third kappa shape index (κ3) is 4.28. The standard InChI is InChI=1S/C26H23BrN2O2/c1-4-17-29-25(19-9-15-23(31-3)16-10-19)24(18-7-13-22(30-2)14-8-18)28-26(29)20-5-11-21(27)12-6-20/h4-16H,1,17H2,2-3H3. The number of imidazole rings is 1. The highest BCUT2D eigenvalue weighted by Gasteiger charge is 2.20. The third-order valence-electron chi connectivity index (χ3n) is 5.11. The van der Waals surface area contributed by atoms with Crippen molar-refractivity contribution in [3.63, 3.8) is 0 Å². The summed E-state index contributed by atoms with van der Waals surface area (Å²) in [6, 6.07) is 24.3. The third-order valence-corrected chi connectivity index (χ3v) is 5.64. The molecule has 0 aliphatic carbocycles. The van der Waals surface area contributed by atoms with Crippen molar-refractivity contribution in [3.05, 3.63) is 89.9 Å². The van der Waals surface area contributed by atoms with E-state index in [1.807, 2.05) is 54.6 Å². The van der Waals surface area contributed by atoms with Gasteiger partial charge in [-0.1, -0.05) is 34.1 Å². The summed E-state index contributed by atoms with van der Waals surface area (Å²) >= 11 is 3.52. The zero-order chi connectivity index (χ0) is 21.8. The van der Waals surface area contributed by atoms with Crippen molar-refractivity contribution in [3.8, 4) is 45.4 Å². The lowest BCUT2D eigenvalue weighted by atomic mass is 10.0. The van der Waals surface area contributed by atoms with Crippen LogP contribution < -0.4 is 9.47 Å². The molecular formula is C26H23BrN2O2. The molecule has 0 aliphatic heterocycles. The van der Waals surface area contributed by atoms with E-state index >= 15 is 0 Å². The molecule has 0 radical (unpaired) electrons. The molecule has 0 saturated carbocycles. The number of ether oxygens (including phenoxy) is 2. The van der Waals surface area contributed by atoms with Crippen molar-refractivity contribution in [2.75, 3.05) is 14.2 Å². The lowest BCUT2D eigenvalue weighted by molar-refractivity contribution is 0.414. The molecule has 4 nitrogen and oxygen atoms in total. The maximum absolute atomic E-state index is 5.35. The van der Waals surface area contributed by atoms with Crippen LogP contribution in [0.5, 0.6) is 11.5 Å². The minimum atomic E-state index is 0.635. The topological polar surface area (TPSA) is 36.3 Å². The highest BCUT2D eigenvalue weighted by Crippen LogP contribution is 2.37. The van der Waals surface area contributed by atoms with Crippen molar-refractivity contribution >= 4 is 15.9 Å². The molecule has 4 aromatic rings. The molecule has 0 fully saturated rings. The molecule has 1 heterocycles. The summed E-state index contributed by atoms with van der Waals surface area (Å²) in [5, 5.41) is 0. The molecule has 31 heavy (non-hydrogen) atoms. The molecule has 4 rings (SSSR count). The van der Waals surface area contributed by atoms with Gasteiger partial charge < -0.3 is 14.0 Å². The van der Waals surface area contributed by atoms with Crippen molar-refractivity contribution in [2.24, 2.45) is 0 Å². The average molecular weight is 475 g/mol. The highest BCUT2D eigenvalue weighted by atomic mass is 79.9. The molecule has 0 unspecified atom stereocenters. The molecule has 156 valence electrons. The smallest absolute Gasteiger partial charge is 0.141 e. The summed E-state index contributed by atoms with van der Waals surface area (Å²) < 4.78 is 13.9. The van der Waals surface area contributed by atoms with Crippen molar-refractivity contribution in [2.45, 2.75) is 6.54 Å². The molecule has 0 N–H and O–H groups in total. The molecule has 0 bridgehead atoms. The average Bonchev–Trinajstić information content (AvgIpc) is 3.19. The van der Waals surface area contributed by atoms with Crippen LogP contribution in [0, 0.1) is 0 Å². The minimum absolute atomic E-state index is 0.635. The van der Waals surface area contributed by atoms with Crippen LogP contribution in [-0.4, -0.2) is 23.8 Å². The second kappa shape index (κ2) is 9.23. The normalized spacial score (nSPS) is 10.7. The zero-order valence-corrected chi connectivity index (χ0v) is 19.1. The summed E-state index contributed by atoms with van der Waals surface area (Å²) in [5.41, 5.74) is 5.06. The number of nitrogens with zero attached hydrogens (tertiary/aromatic N) is 2. The summed E-state index contributed by atoms with van der Waals surface area (Å²) in [6.07, 6.45) is 1.90. The van der Waals surface area contributed by atoms with E-state index in [0.29, 0.717) is 6.54 Å². The van der Waals surface area contributed by atoms with E-state index in [1.54, 1.807) is 14.2 Å². The molecule has 5 heteroatoms. The zero-order valence-electron chi connectivity index (χ0n) is 17.5. The summed E-state index contributed by atoms with van der Waals surface area (Å²) in [4.78, 5) is 5.10. The fourth-order valence-electron chi connectivity index (χ4n) is 3.57.